The van der Waals surface area contributed by atoms with E-state index in [4.69, 9.17) is 4.74 Å². The minimum atomic E-state index is -0.459. The molecule has 2 heterocycles. The fraction of sp³-hybridized carbons (Fsp3) is 0.292. The number of amides is 2. The van der Waals surface area contributed by atoms with Gasteiger partial charge in [0.05, 0.1) is 17.9 Å². The zero-order valence-electron chi connectivity index (χ0n) is 17.5. The molecule has 0 atom stereocenters. The van der Waals surface area contributed by atoms with E-state index in [0.29, 0.717) is 11.3 Å². The van der Waals surface area contributed by atoms with Gasteiger partial charge in [0.2, 0.25) is 0 Å². The van der Waals surface area contributed by atoms with Crippen molar-refractivity contribution in [3.05, 3.63) is 65.2 Å². The quantitative estimate of drug-likeness (QED) is 0.457. The molecule has 0 aliphatic carbocycles. The van der Waals surface area contributed by atoms with Crippen LogP contribution in [0.3, 0.4) is 0 Å². The fourth-order valence-electron chi connectivity index (χ4n) is 3.80. The van der Waals surface area contributed by atoms with Gasteiger partial charge in [-0.05, 0) is 74.2 Å². The molecule has 0 saturated carbocycles. The lowest BCUT2D eigenvalue weighted by Gasteiger charge is -2.28. The van der Waals surface area contributed by atoms with Gasteiger partial charge in [-0.1, -0.05) is 12.1 Å². The van der Waals surface area contributed by atoms with E-state index >= 15 is 0 Å². The van der Waals surface area contributed by atoms with Gasteiger partial charge < -0.3 is 9.64 Å². The number of nitrogens with one attached hydrogen (secondary N) is 1. The lowest BCUT2D eigenvalue weighted by atomic mass is 10.1. The molecule has 0 aromatic heterocycles. The molecule has 2 amide bonds. The average molecular weight is 419 g/mol. The van der Waals surface area contributed by atoms with Crippen molar-refractivity contribution in [2.24, 2.45) is 0 Å². The molecule has 0 unspecified atom stereocenters. The van der Waals surface area contributed by atoms with Crippen LogP contribution < -0.4 is 15.3 Å². The summed E-state index contributed by atoms with van der Waals surface area (Å²) in [6, 6.07) is 14.2. The standard InChI is InChI=1S/C24H25N3O4/c1-2-31-24(30)18-8-12-20(13-9-18)27-23(29)21(22(28)25-27)16-17-6-10-19(11-7-17)26-14-4-3-5-15-26/h6-13,16H,2-5,14-15H2,1H3,(H,25,28)/b21-16-. The van der Waals surface area contributed by atoms with Gasteiger partial charge in [0, 0.05) is 18.8 Å². The van der Waals surface area contributed by atoms with Crippen molar-refractivity contribution in [1.29, 1.82) is 0 Å². The maximum atomic E-state index is 12.8. The van der Waals surface area contributed by atoms with E-state index in [1.165, 1.54) is 24.3 Å². The third kappa shape index (κ3) is 4.45. The van der Waals surface area contributed by atoms with E-state index < -0.39 is 17.8 Å². The van der Waals surface area contributed by atoms with Crippen molar-refractivity contribution in [2.75, 3.05) is 29.6 Å². The summed E-state index contributed by atoms with van der Waals surface area (Å²) in [6.07, 6.45) is 5.29. The van der Waals surface area contributed by atoms with Gasteiger partial charge in [0.1, 0.15) is 5.57 Å². The third-order valence-corrected chi connectivity index (χ3v) is 5.45. The summed E-state index contributed by atoms with van der Waals surface area (Å²) < 4.78 is 4.96. The van der Waals surface area contributed by atoms with E-state index in [1.807, 2.05) is 24.3 Å². The Bertz CT molecular complexity index is 1010. The highest BCUT2D eigenvalue weighted by molar-refractivity contribution is 6.31. The summed E-state index contributed by atoms with van der Waals surface area (Å²) in [5, 5.41) is 1.19. The zero-order chi connectivity index (χ0) is 21.8. The molecule has 4 rings (SSSR count). The maximum absolute atomic E-state index is 12.8. The molecule has 7 nitrogen and oxygen atoms in total. The number of hydrazine groups is 1. The number of anilines is 2. The largest absolute Gasteiger partial charge is 0.462 e. The number of esters is 1. The van der Waals surface area contributed by atoms with Crippen molar-refractivity contribution in [1.82, 2.24) is 5.43 Å². The van der Waals surface area contributed by atoms with Crippen LogP contribution in [-0.4, -0.2) is 37.5 Å². The van der Waals surface area contributed by atoms with Gasteiger partial charge in [-0.3, -0.25) is 15.0 Å². The molecule has 160 valence electrons. The molecule has 2 aliphatic rings. The van der Waals surface area contributed by atoms with Crippen LogP contribution in [0, 0.1) is 0 Å². The normalized spacial score (nSPS) is 17.8. The second-order valence-electron chi connectivity index (χ2n) is 7.55. The molecule has 1 N–H and O–H groups in total. The Labute approximate surface area is 181 Å². The number of rotatable bonds is 5. The first kappa shape index (κ1) is 20.7. The maximum Gasteiger partial charge on any atom is 0.338 e. The average Bonchev–Trinajstić information content (AvgIpc) is 3.09. The van der Waals surface area contributed by atoms with Crippen molar-refractivity contribution >= 4 is 35.2 Å². The molecule has 2 saturated heterocycles. The van der Waals surface area contributed by atoms with Crippen molar-refractivity contribution in [3.8, 4) is 0 Å². The van der Waals surface area contributed by atoms with Crippen LogP contribution in [0.15, 0.2) is 54.1 Å². The lowest BCUT2D eigenvalue weighted by Crippen LogP contribution is -2.35. The van der Waals surface area contributed by atoms with Crippen LogP contribution in [0.1, 0.15) is 42.1 Å². The van der Waals surface area contributed by atoms with Crippen LogP contribution >= 0.6 is 0 Å². The Morgan fingerprint density at radius 2 is 1.61 bits per heavy atom. The minimum Gasteiger partial charge on any atom is -0.462 e. The van der Waals surface area contributed by atoms with Gasteiger partial charge in [-0.2, -0.15) is 0 Å². The molecule has 2 aromatic carbocycles. The Kier molecular flexibility index (Phi) is 6.02. The molecule has 31 heavy (non-hydrogen) atoms. The van der Waals surface area contributed by atoms with Crippen LogP contribution in [-0.2, 0) is 14.3 Å². The fourth-order valence-corrected chi connectivity index (χ4v) is 3.80. The van der Waals surface area contributed by atoms with Crippen LogP contribution in [0.2, 0.25) is 0 Å². The van der Waals surface area contributed by atoms with Gasteiger partial charge in [0.25, 0.3) is 11.8 Å². The van der Waals surface area contributed by atoms with Crippen molar-refractivity contribution in [2.45, 2.75) is 26.2 Å². The molecule has 0 radical (unpaired) electrons. The second kappa shape index (κ2) is 9.04. The Morgan fingerprint density at radius 1 is 0.968 bits per heavy atom. The minimum absolute atomic E-state index is 0.0696. The number of hydrogen-bond donors (Lipinski definition) is 1. The SMILES string of the molecule is CCOC(=O)c1ccc(N2NC(=O)/C(=C/c3ccc(N4CCCCC4)cc3)C2=O)cc1. The predicted molar refractivity (Wildman–Crippen MR) is 119 cm³/mol. The first-order chi connectivity index (χ1) is 15.1. The number of carbonyl (C=O) groups is 3. The third-order valence-electron chi connectivity index (χ3n) is 5.45. The molecule has 0 bridgehead atoms. The molecular weight excluding hydrogens is 394 g/mol. The summed E-state index contributed by atoms with van der Waals surface area (Å²) in [5.74, 6) is -1.33. The molecule has 0 spiro atoms. The highest BCUT2D eigenvalue weighted by Gasteiger charge is 2.34. The summed E-state index contributed by atoms with van der Waals surface area (Å²) >= 11 is 0. The van der Waals surface area contributed by atoms with Gasteiger partial charge in [-0.25, -0.2) is 9.80 Å². The second-order valence-corrected chi connectivity index (χ2v) is 7.55. The molecule has 2 aromatic rings. The number of hydrogen-bond acceptors (Lipinski definition) is 5. The number of nitrogens with zero attached hydrogens (tertiary/aromatic N) is 2. The highest BCUT2D eigenvalue weighted by atomic mass is 16.5. The van der Waals surface area contributed by atoms with Crippen molar-refractivity contribution in [3.63, 3.8) is 0 Å². The van der Waals surface area contributed by atoms with E-state index in [-0.39, 0.29) is 12.2 Å². The first-order valence-electron chi connectivity index (χ1n) is 10.6. The molecule has 2 fully saturated rings. The number of carbonyl (C=O) groups excluding carboxylic acids is 3. The smallest absolute Gasteiger partial charge is 0.338 e. The first-order valence-corrected chi connectivity index (χ1v) is 10.6. The zero-order valence-corrected chi connectivity index (χ0v) is 17.5. The van der Waals surface area contributed by atoms with E-state index in [9.17, 15) is 14.4 Å². The Morgan fingerprint density at radius 3 is 2.26 bits per heavy atom. The van der Waals surface area contributed by atoms with Gasteiger partial charge >= 0.3 is 5.97 Å². The van der Waals surface area contributed by atoms with Gasteiger partial charge in [0.15, 0.2) is 0 Å². The summed E-state index contributed by atoms with van der Waals surface area (Å²) in [4.78, 5) is 39.4. The highest BCUT2D eigenvalue weighted by Crippen LogP contribution is 2.24. The lowest BCUT2D eigenvalue weighted by molar-refractivity contribution is -0.117. The van der Waals surface area contributed by atoms with Crippen LogP contribution in [0.25, 0.3) is 6.08 Å². The number of piperidine rings is 1. The Balaban J connectivity index is 1.49. The van der Waals surface area contributed by atoms with Gasteiger partial charge in [-0.15, -0.1) is 0 Å². The summed E-state index contributed by atoms with van der Waals surface area (Å²) in [6.45, 7) is 4.14. The van der Waals surface area contributed by atoms with E-state index in [0.717, 1.165) is 24.3 Å². The van der Waals surface area contributed by atoms with Crippen LogP contribution in [0.5, 0.6) is 0 Å². The molecule has 7 heteroatoms. The predicted octanol–water partition coefficient (Wildman–Crippen LogP) is 3.32. The topological polar surface area (TPSA) is 79.0 Å². The van der Waals surface area contributed by atoms with Crippen LogP contribution in [0.4, 0.5) is 11.4 Å². The summed E-state index contributed by atoms with van der Waals surface area (Å²) in [7, 11) is 0. The summed E-state index contributed by atoms with van der Waals surface area (Å²) in [5.41, 5.74) is 5.45. The molecular formula is C24H25N3O4. The molecule has 2 aliphatic heterocycles. The van der Waals surface area contributed by atoms with E-state index in [2.05, 4.69) is 10.3 Å². The Hall–Kier alpha value is -3.61. The number of benzene rings is 2. The van der Waals surface area contributed by atoms with Crippen molar-refractivity contribution < 1.29 is 19.1 Å². The number of ether oxygens (including phenoxy) is 1. The monoisotopic (exact) mass is 419 g/mol. The van der Waals surface area contributed by atoms with E-state index in [1.54, 1.807) is 37.3 Å².